The molecule has 1 aliphatic carbocycles. The highest BCUT2D eigenvalue weighted by atomic mass is 79.9. The summed E-state index contributed by atoms with van der Waals surface area (Å²) in [5.41, 5.74) is -0.139. The molecule has 3 aromatic carbocycles. The van der Waals surface area contributed by atoms with E-state index in [4.69, 9.17) is 39.5 Å². The Kier molecular flexibility index (Phi) is 9.09. The molecule has 0 spiro atoms. The molecule has 210 valence electrons. The molecule has 1 saturated carbocycles. The molecular formula is C28H21BrCl3F3N2O3. The van der Waals surface area contributed by atoms with Gasteiger partial charge in [-0.2, -0.15) is 13.2 Å². The van der Waals surface area contributed by atoms with E-state index in [2.05, 4.69) is 26.6 Å². The van der Waals surface area contributed by atoms with Crippen molar-refractivity contribution in [1.29, 1.82) is 0 Å². The Bertz CT molecular complexity index is 1470. The maximum absolute atomic E-state index is 13.9. The van der Waals surface area contributed by atoms with E-state index in [-0.39, 0.29) is 32.1 Å². The Morgan fingerprint density at radius 3 is 2.27 bits per heavy atom. The number of hydrogen-bond donors (Lipinski definition) is 2. The van der Waals surface area contributed by atoms with E-state index >= 15 is 0 Å². The van der Waals surface area contributed by atoms with Gasteiger partial charge in [0.25, 0.3) is 5.91 Å². The van der Waals surface area contributed by atoms with E-state index in [0.717, 1.165) is 18.2 Å². The molecule has 0 radical (unpaired) electrons. The molecule has 5 nitrogen and oxygen atoms in total. The summed E-state index contributed by atoms with van der Waals surface area (Å²) in [7, 11) is 1.49. The third-order valence-electron chi connectivity index (χ3n) is 6.33. The highest BCUT2D eigenvalue weighted by Crippen LogP contribution is 2.41. The molecular weight excluding hydrogens is 656 g/mol. The molecule has 0 aliphatic heterocycles. The molecule has 0 aromatic heterocycles. The number of ether oxygens (including phenoxy) is 1. The van der Waals surface area contributed by atoms with Crippen molar-refractivity contribution in [2.45, 2.75) is 30.5 Å². The number of carbonyl (C=O) groups excluding carboxylic acids is 2. The molecule has 4 rings (SSSR count). The fourth-order valence-corrected chi connectivity index (χ4v) is 5.19. The van der Waals surface area contributed by atoms with Crippen molar-refractivity contribution >= 4 is 74.3 Å². The van der Waals surface area contributed by atoms with Gasteiger partial charge in [0.15, 0.2) is 0 Å². The van der Waals surface area contributed by atoms with Crippen molar-refractivity contribution in [2.24, 2.45) is 0 Å². The van der Waals surface area contributed by atoms with Crippen molar-refractivity contribution < 1.29 is 27.5 Å². The topological polar surface area (TPSA) is 67.4 Å². The first-order valence-corrected chi connectivity index (χ1v) is 13.7. The molecule has 1 atom stereocenters. The Morgan fingerprint density at radius 2 is 1.70 bits per heavy atom. The van der Waals surface area contributed by atoms with Gasteiger partial charge >= 0.3 is 6.18 Å². The van der Waals surface area contributed by atoms with Crippen molar-refractivity contribution in [3.63, 3.8) is 0 Å². The second-order valence-electron chi connectivity index (χ2n) is 9.11. The van der Waals surface area contributed by atoms with Crippen LogP contribution in [-0.4, -0.2) is 30.6 Å². The molecule has 1 aliphatic rings. The summed E-state index contributed by atoms with van der Waals surface area (Å²) in [5.74, 6) is -2.40. The second-order valence-corrected chi connectivity index (χ2v) is 11.2. The van der Waals surface area contributed by atoms with Crippen LogP contribution in [0, 0.1) is 0 Å². The van der Waals surface area contributed by atoms with E-state index in [9.17, 15) is 22.8 Å². The average Bonchev–Trinajstić information content (AvgIpc) is 3.67. The lowest BCUT2D eigenvalue weighted by molar-refractivity contribution is -0.139. The van der Waals surface area contributed by atoms with E-state index in [1.807, 2.05) is 0 Å². The number of nitrogens with one attached hydrogen (secondary N) is 2. The number of alkyl halides is 3. The van der Waals surface area contributed by atoms with Crippen LogP contribution in [0.15, 0.2) is 65.1 Å². The van der Waals surface area contributed by atoms with Gasteiger partial charge in [-0.05, 0) is 76.3 Å². The van der Waals surface area contributed by atoms with Crippen LogP contribution in [0.3, 0.4) is 0 Å². The van der Waals surface area contributed by atoms with E-state index < -0.39 is 23.5 Å². The predicted octanol–water partition coefficient (Wildman–Crippen LogP) is 8.68. The lowest BCUT2D eigenvalue weighted by Crippen LogP contribution is -2.46. The minimum atomic E-state index is -4.63. The van der Waals surface area contributed by atoms with Gasteiger partial charge in [0.05, 0.1) is 39.3 Å². The molecule has 0 bridgehead atoms. The van der Waals surface area contributed by atoms with Crippen LogP contribution < -0.4 is 15.4 Å². The maximum Gasteiger partial charge on any atom is 0.399 e. The molecule has 40 heavy (non-hydrogen) atoms. The summed E-state index contributed by atoms with van der Waals surface area (Å²) in [4.78, 5) is 26.0. The highest BCUT2D eigenvalue weighted by molar-refractivity contribution is 9.10. The number of allylic oxidation sites excluding steroid dienone is 1. The third kappa shape index (κ3) is 6.77. The average molecular weight is 677 g/mol. The number of benzene rings is 3. The fraction of sp³-hybridized carbons (Fsp3) is 0.214. The van der Waals surface area contributed by atoms with Gasteiger partial charge in [-0.15, -0.1) is 0 Å². The predicted molar refractivity (Wildman–Crippen MR) is 154 cm³/mol. The lowest BCUT2D eigenvalue weighted by atomic mass is 9.97. The van der Waals surface area contributed by atoms with Gasteiger partial charge in [0, 0.05) is 4.47 Å². The minimum Gasteiger partial charge on any atom is -0.495 e. The van der Waals surface area contributed by atoms with Gasteiger partial charge in [0.2, 0.25) is 5.91 Å². The molecule has 1 unspecified atom stereocenters. The number of para-hydroxylation sites is 2. The van der Waals surface area contributed by atoms with Crippen LogP contribution in [0.2, 0.25) is 15.1 Å². The van der Waals surface area contributed by atoms with Crippen molar-refractivity contribution in [1.82, 2.24) is 5.32 Å². The molecule has 0 heterocycles. The Balaban J connectivity index is 1.49. The summed E-state index contributed by atoms with van der Waals surface area (Å²) in [6.45, 7) is 0. The summed E-state index contributed by atoms with van der Waals surface area (Å²) < 4.78 is 47.2. The Morgan fingerprint density at radius 1 is 1.05 bits per heavy atom. The first kappa shape index (κ1) is 30.2. The van der Waals surface area contributed by atoms with Gasteiger partial charge in [-0.3, -0.25) is 9.59 Å². The van der Waals surface area contributed by atoms with Gasteiger partial charge < -0.3 is 15.4 Å². The lowest BCUT2D eigenvalue weighted by Gasteiger charge is -2.19. The van der Waals surface area contributed by atoms with Gasteiger partial charge in [-0.25, -0.2) is 0 Å². The fourth-order valence-electron chi connectivity index (χ4n) is 4.00. The summed E-state index contributed by atoms with van der Waals surface area (Å²) >= 11 is 21.1. The Labute approximate surface area is 251 Å². The van der Waals surface area contributed by atoms with Crippen LogP contribution in [0.1, 0.15) is 40.2 Å². The van der Waals surface area contributed by atoms with E-state index in [1.54, 1.807) is 24.3 Å². The van der Waals surface area contributed by atoms with Crippen LogP contribution in [-0.2, 0) is 4.79 Å². The zero-order valence-electron chi connectivity index (χ0n) is 20.7. The summed E-state index contributed by atoms with van der Waals surface area (Å²) in [5, 5.41) is 5.37. The molecule has 1 fully saturated rings. The van der Waals surface area contributed by atoms with E-state index in [0.29, 0.717) is 34.3 Å². The first-order chi connectivity index (χ1) is 18.8. The summed E-state index contributed by atoms with van der Waals surface area (Å²) in [6.07, 6.45) is -1.47. The number of amides is 2. The Hall–Kier alpha value is -2.72. The number of halogens is 7. The molecule has 3 aromatic rings. The van der Waals surface area contributed by atoms with Crippen molar-refractivity contribution in [3.8, 4) is 5.75 Å². The largest absolute Gasteiger partial charge is 0.495 e. The molecule has 2 N–H and O–H groups in total. The highest BCUT2D eigenvalue weighted by Gasteiger charge is 2.51. The second kappa shape index (κ2) is 12.0. The van der Waals surface area contributed by atoms with Crippen molar-refractivity contribution in [3.05, 3.63) is 96.9 Å². The number of carbonyl (C=O) groups is 2. The van der Waals surface area contributed by atoms with Crippen LogP contribution in [0.25, 0.3) is 6.08 Å². The van der Waals surface area contributed by atoms with Crippen LogP contribution in [0.4, 0.5) is 18.9 Å². The zero-order valence-corrected chi connectivity index (χ0v) is 24.6. The first-order valence-electron chi connectivity index (χ1n) is 11.8. The van der Waals surface area contributed by atoms with Crippen LogP contribution in [0.5, 0.6) is 5.75 Å². The van der Waals surface area contributed by atoms with Gasteiger partial charge in [-0.1, -0.05) is 65.2 Å². The maximum atomic E-state index is 13.9. The third-order valence-corrected chi connectivity index (χ3v) is 8.18. The summed E-state index contributed by atoms with van der Waals surface area (Å²) in [6, 6.07) is 13.6. The number of hydrogen-bond acceptors (Lipinski definition) is 3. The number of methoxy groups -OCH3 is 1. The standard InChI is InChI=1S/C28H21BrCl3F3N2O3/c1-40-23-5-3-2-4-22(23)36-26(39)27(10-11-27)37-25(38)17-8-6-15(12-19(17)29)7-9-18(28(33,34)35)16-13-20(30)24(32)21(31)14-16/h2-9,12-14,18H,10-11H2,1H3,(H,36,39)(H,37,38)/b9-7+. The molecule has 2 amide bonds. The SMILES string of the molecule is COc1ccccc1NC(=O)C1(NC(=O)c2ccc(/C=C/C(c3cc(Cl)c(Cl)c(Cl)c3)C(F)(F)F)cc2Br)CC1. The smallest absolute Gasteiger partial charge is 0.399 e. The number of anilines is 1. The van der Waals surface area contributed by atoms with E-state index in [1.165, 1.54) is 31.4 Å². The molecule has 0 saturated heterocycles. The normalized spacial score (nSPS) is 15.0. The minimum absolute atomic E-state index is 0.0277. The molecule has 12 heteroatoms. The van der Waals surface area contributed by atoms with Gasteiger partial charge in [0.1, 0.15) is 11.3 Å². The number of rotatable bonds is 8. The monoisotopic (exact) mass is 674 g/mol. The van der Waals surface area contributed by atoms with Crippen LogP contribution >= 0.6 is 50.7 Å². The quantitative estimate of drug-likeness (QED) is 0.235. The zero-order chi connectivity index (χ0) is 29.2. The van der Waals surface area contributed by atoms with Crippen molar-refractivity contribution in [2.75, 3.05) is 12.4 Å².